The third-order valence-electron chi connectivity index (χ3n) is 2.63. The van der Waals surface area contributed by atoms with Crippen LogP contribution in [0.25, 0.3) is 0 Å². The van der Waals surface area contributed by atoms with Crippen LogP contribution in [0.15, 0.2) is 18.2 Å². The van der Waals surface area contributed by atoms with Crippen molar-refractivity contribution in [2.75, 3.05) is 5.73 Å². The van der Waals surface area contributed by atoms with Crippen LogP contribution >= 0.6 is 0 Å². The van der Waals surface area contributed by atoms with Crippen LogP contribution in [-0.2, 0) is 11.2 Å². The van der Waals surface area contributed by atoms with E-state index in [4.69, 9.17) is 10.8 Å². The van der Waals surface area contributed by atoms with E-state index in [1.54, 1.807) is 6.92 Å². The van der Waals surface area contributed by atoms with Crippen LogP contribution < -0.4 is 5.73 Å². The highest BCUT2D eigenvalue weighted by molar-refractivity contribution is 5.78. The third kappa shape index (κ3) is 2.99. The molecular formula is C13H19NO2. The summed E-state index contributed by atoms with van der Waals surface area (Å²) in [5, 5.41) is 8.92. The number of aliphatic carboxylic acids is 1. The minimum absolute atomic E-state index is 0.548. The van der Waals surface area contributed by atoms with E-state index in [1.807, 2.05) is 18.2 Å². The summed E-state index contributed by atoms with van der Waals surface area (Å²) in [5.74, 6) is -0.821. The molecule has 0 heterocycles. The van der Waals surface area contributed by atoms with Crippen molar-refractivity contribution in [2.45, 2.75) is 33.1 Å². The lowest BCUT2D eigenvalue weighted by molar-refractivity contribution is -0.138. The van der Waals surface area contributed by atoms with E-state index in [0.717, 1.165) is 12.0 Å². The number of carbonyl (C=O) groups is 1. The van der Waals surface area contributed by atoms with Gasteiger partial charge in [0.2, 0.25) is 0 Å². The second kappa shape index (κ2) is 5.01. The van der Waals surface area contributed by atoms with Gasteiger partial charge in [-0.15, -0.1) is 0 Å². The molecule has 0 bridgehead atoms. The molecule has 16 heavy (non-hydrogen) atoms. The summed E-state index contributed by atoms with van der Waals surface area (Å²) in [6, 6.07) is 5.67. The molecule has 0 spiro atoms. The Hall–Kier alpha value is -1.51. The predicted molar refractivity (Wildman–Crippen MR) is 65.4 cm³/mol. The second-order valence-electron chi connectivity index (χ2n) is 4.62. The Kier molecular flexibility index (Phi) is 3.93. The van der Waals surface area contributed by atoms with Crippen molar-refractivity contribution in [3.05, 3.63) is 29.3 Å². The molecule has 0 amide bonds. The molecule has 0 fully saturated rings. The predicted octanol–water partition coefficient (Wildman–Crippen LogP) is 2.66. The van der Waals surface area contributed by atoms with Crippen molar-refractivity contribution in [3.8, 4) is 0 Å². The fourth-order valence-electron chi connectivity index (χ4n) is 1.75. The zero-order valence-corrected chi connectivity index (χ0v) is 10.0. The van der Waals surface area contributed by atoms with Gasteiger partial charge in [-0.3, -0.25) is 4.79 Å². The highest BCUT2D eigenvalue weighted by atomic mass is 16.4. The smallest absolute Gasteiger partial charge is 0.310 e. The maximum absolute atomic E-state index is 10.9. The van der Waals surface area contributed by atoms with Gasteiger partial charge >= 0.3 is 5.97 Å². The van der Waals surface area contributed by atoms with Crippen molar-refractivity contribution in [1.82, 2.24) is 0 Å². The Morgan fingerprint density at radius 3 is 2.44 bits per heavy atom. The summed E-state index contributed by atoms with van der Waals surface area (Å²) in [5.41, 5.74) is 8.30. The zero-order valence-electron chi connectivity index (χ0n) is 10.0. The maximum Gasteiger partial charge on any atom is 0.310 e. The van der Waals surface area contributed by atoms with Crippen LogP contribution in [0, 0.1) is 5.92 Å². The van der Waals surface area contributed by atoms with Crippen LogP contribution in [0.3, 0.4) is 0 Å². The SMILES string of the molecule is CC(C)Cc1ccc(C(C)C(=O)O)c(N)c1. The molecule has 3 nitrogen and oxygen atoms in total. The fraction of sp³-hybridized carbons (Fsp3) is 0.462. The van der Waals surface area contributed by atoms with Crippen molar-refractivity contribution in [1.29, 1.82) is 0 Å². The number of hydrogen-bond donors (Lipinski definition) is 2. The summed E-state index contributed by atoms with van der Waals surface area (Å²) in [6.07, 6.45) is 0.964. The van der Waals surface area contributed by atoms with Gasteiger partial charge in [0.1, 0.15) is 0 Å². The van der Waals surface area contributed by atoms with Gasteiger partial charge in [-0.25, -0.2) is 0 Å². The van der Waals surface area contributed by atoms with Gasteiger partial charge in [0, 0.05) is 5.69 Å². The van der Waals surface area contributed by atoms with Gasteiger partial charge in [0.15, 0.2) is 0 Å². The first-order valence-corrected chi connectivity index (χ1v) is 5.53. The largest absolute Gasteiger partial charge is 0.481 e. The summed E-state index contributed by atoms with van der Waals surface area (Å²) in [6.45, 7) is 5.93. The highest BCUT2D eigenvalue weighted by Crippen LogP contribution is 2.24. The molecule has 1 unspecified atom stereocenters. The molecule has 3 N–H and O–H groups in total. The lowest BCUT2D eigenvalue weighted by atomic mass is 9.95. The highest BCUT2D eigenvalue weighted by Gasteiger charge is 2.16. The molecule has 0 aliphatic carbocycles. The maximum atomic E-state index is 10.9. The number of rotatable bonds is 4. The summed E-state index contributed by atoms with van der Waals surface area (Å²) in [4.78, 5) is 10.9. The van der Waals surface area contributed by atoms with E-state index in [1.165, 1.54) is 0 Å². The first-order valence-electron chi connectivity index (χ1n) is 5.53. The Morgan fingerprint density at radius 2 is 2.00 bits per heavy atom. The molecule has 0 radical (unpaired) electrons. The number of carboxylic acids is 1. The molecule has 0 saturated carbocycles. The third-order valence-corrected chi connectivity index (χ3v) is 2.63. The second-order valence-corrected chi connectivity index (χ2v) is 4.62. The fourth-order valence-corrected chi connectivity index (χ4v) is 1.75. The number of nitrogens with two attached hydrogens (primary N) is 1. The Bertz CT molecular complexity index is 386. The van der Waals surface area contributed by atoms with E-state index in [9.17, 15) is 4.79 Å². The van der Waals surface area contributed by atoms with Crippen molar-refractivity contribution >= 4 is 11.7 Å². The number of benzene rings is 1. The first-order chi connectivity index (χ1) is 7.41. The zero-order chi connectivity index (χ0) is 12.3. The number of carboxylic acid groups (broad SMARTS) is 1. The minimum atomic E-state index is -0.844. The molecular weight excluding hydrogens is 202 g/mol. The van der Waals surface area contributed by atoms with Crippen molar-refractivity contribution in [3.63, 3.8) is 0 Å². The minimum Gasteiger partial charge on any atom is -0.481 e. The quantitative estimate of drug-likeness (QED) is 0.768. The molecule has 88 valence electrons. The monoisotopic (exact) mass is 221 g/mol. The average molecular weight is 221 g/mol. The Labute approximate surface area is 96.3 Å². The molecule has 0 saturated heterocycles. The molecule has 0 aliphatic heterocycles. The van der Waals surface area contributed by atoms with Crippen molar-refractivity contribution < 1.29 is 9.90 Å². The van der Waals surface area contributed by atoms with Gasteiger partial charge in [0.05, 0.1) is 5.92 Å². The topological polar surface area (TPSA) is 63.3 Å². The molecule has 1 aromatic rings. The van der Waals surface area contributed by atoms with Gasteiger partial charge in [-0.2, -0.15) is 0 Å². The van der Waals surface area contributed by atoms with Crippen LogP contribution in [0.2, 0.25) is 0 Å². The molecule has 1 aromatic carbocycles. The summed E-state index contributed by atoms with van der Waals surface area (Å²) >= 11 is 0. The van der Waals surface area contributed by atoms with E-state index in [-0.39, 0.29) is 0 Å². The van der Waals surface area contributed by atoms with Crippen LogP contribution in [0.4, 0.5) is 5.69 Å². The molecule has 0 aromatic heterocycles. The Balaban J connectivity index is 2.95. The standard InChI is InChI=1S/C13H19NO2/c1-8(2)6-10-4-5-11(12(14)7-10)9(3)13(15)16/h4-5,7-9H,6,14H2,1-3H3,(H,15,16). The number of hydrogen-bond acceptors (Lipinski definition) is 2. The molecule has 1 atom stereocenters. The first kappa shape index (κ1) is 12.6. The van der Waals surface area contributed by atoms with Gasteiger partial charge in [0.25, 0.3) is 0 Å². The van der Waals surface area contributed by atoms with Crippen molar-refractivity contribution in [2.24, 2.45) is 5.92 Å². The van der Waals surface area contributed by atoms with Gasteiger partial charge < -0.3 is 10.8 Å². The van der Waals surface area contributed by atoms with E-state index in [2.05, 4.69) is 13.8 Å². The lowest BCUT2D eigenvalue weighted by Crippen LogP contribution is -2.10. The average Bonchev–Trinajstić information content (AvgIpc) is 2.15. The number of nitrogen functional groups attached to an aromatic ring is 1. The molecule has 0 aliphatic rings. The van der Waals surface area contributed by atoms with Crippen LogP contribution in [0.5, 0.6) is 0 Å². The Morgan fingerprint density at radius 1 is 1.38 bits per heavy atom. The lowest BCUT2D eigenvalue weighted by Gasteiger charge is -2.12. The van der Waals surface area contributed by atoms with Gasteiger partial charge in [-0.05, 0) is 36.5 Å². The van der Waals surface area contributed by atoms with Gasteiger partial charge in [-0.1, -0.05) is 26.0 Å². The normalized spacial score (nSPS) is 12.8. The molecule has 3 heteroatoms. The summed E-state index contributed by atoms with van der Waals surface area (Å²) in [7, 11) is 0. The van der Waals surface area contributed by atoms with E-state index >= 15 is 0 Å². The van der Waals surface area contributed by atoms with Crippen LogP contribution in [-0.4, -0.2) is 11.1 Å². The van der Waals surface area contributed by atoms with E-state index in [0.29, 0.717) is 17.2 Å². The molecule has 1 rings (SSSR count). The van der Waals surface area contributed by atoms with E-state index < -0.39 is 11.9 Å². The van der Waals surface area contributed by atoms with Crippen LogP contribution in [0.1, 0.15) is 37.8 Å². The summed E-state index contributed by atoms with van der Waals surface area (Å²) < 4.78 is 0. The number of anilines is 1.